The molecule has 3 nitrogen and oxygen atoms in total. The van der Waals surface area contributed by atoms with E-state index < -0.39 is 0 Å². The summed E-state index contributed by atoms with van der Waals surface area (Å²) in [4.78, 5) is 0. The lowest BCUT2D eigenvalue weighted by atomic mass is 10.0. The highest BCUT2D eigenvalue weighted by Crippen LogP contribution is 2.30. The summed E-state index contributed by atoms with van der Waals surface area (Å²) in [6.45, 7) is 4.11. The molecule has 1 heterocycles. The molecule has 1 unspecified atom stereocenters. The Bertz CT molecular complexity index is 795. The van der Waals surface area contributed by atoms with Crippen molar-refractivity contribution in [3.05, 3.63) is 69.4 Å². The van der Waals surface area contributed by atoms with Crippen LogP contribution in [0.4, 0.5) is 0 Å². The summed E-state index contributed by atoms with van der Waals surface area (Å²) in [5, 5.41) is 1.10. The Morgan fingerprint density at radius 1 is 1.10 bits per heavy atom. The lowest BCUT2D eigenvalue weighted by molar-refractivity contribution is 0.476. The molecule has 1 atom stereocenters. The van der Waals surface area contributed by atoms with E-state index in [1.165, 1.54) is 5.56 Å². The van der Waals surface area contributed by atoms with Gasteiger partial charge >= 0.3 is 0 Å². The van der Waals surface area contributed by atoms with Gasteiger partial charge in [0.1, 0.15) is 17.4 Å². The Morgan fingerprint density at radius 3 is 2.57 bits per heavy atom. The second-order valence-corrected chi connectivity index (χ2v) is 6.10. The molecule has 4 heteroatoms. The number of benzene rings is 2. The van der Waals surface area contributed by atoms with E-state index in [0.717, 1.165) is 32.3 Å². The molecule has 0 aliphatic rings. The highest BCUT2D eigenvalue weighted by atomic mass is 79.9. The molecular formula is C17H17BrN2O. The number of rotatable bonds is 3. The van der Waals surface area contributed by atoms with E-state index in [9.17, 15) is 0 Å². The number of halogens is 1. The van der Waals surface area contributed by atoms with Gasteiger partial charge in [-0.3, -0.25) is 5.84 Å². The SMILES string of the molecule is Cc1cc(C(NN)c2cc3cccc(C)c3o2)ccc1Br. The second-order valence-electron chi connectivity index (χ2n) is 5.25. The number of para-hydroxylation sites is 1. The highest BCUT2D eigenvalue weighted by Gasteiger charge is 2.18. The van der Waals surface area contributed by atoms with Gasteiger partial charge in [-0.05, 0) is 42.7 Å². The topological polar surface area (TPSA) is 51.2 Å². The molecule has 3 aromatic rings. The van der Waals surface area contributed by atoms with Crippen LogP contribution in [0.25, 0.3) is 11.0 Å². The average Bonchev–Trinajstić information content (AvgIpc) is 2.89. The van der Waals surface area contributed by atoms with Gasteiger partial charge in [-0.15, -0.1) is 0 Å². The molecule has 3 N–H and O–H groups in total. The third-order valence-corrected chi connectivity index (χ3v) is 4.62. The molecule has 1 aromatic heterocycles. The van der Waals surface area contributed by atoms with E-state index >= 15 is 0 Å². The van der Waals surface area contributed by atoms with Crippen LogP contribution in [0.5, 0.6) is 0 Å². The van der Waals surface area contributed by atoms with Crippen LogP contribution in [0.1, 0.15) is 28.5 Å². The van der Waals surface area contributed by atoms with Gasteiger partial charge in [0.25, 0.3) is 0 Å². The summed E-state index contributed by atoms with van der Waals surface area (Å²) in [6, 6.07) is 14.2. The zero-order chi connectivity index (χ0) is 15.0. The molecule has 0 amide bonds. The third-order valence-electron chi connectivity index (χ3n) is 3.73. The van der Waals surface area contributed by atoms with Gasteiger partial charge in [0.15, 0.2) is 0 Å². The van der Waals surface area contributed by atoms with Crippen LogP contribution in [0.3, 0.4) is 0 Å². The Hall–Kier alpha value is -1.62. The lowest BCUT2D eigenvalue weighted by Gasteiger charge is -2.14. The molecule has 108 valence electrons. The van der Waals surface area contributed by atoms with Crippen molar-refractivity contribution in [1.29, 1.82) is 0 Å². The van der Waals surface area contributed by atoms with Crippen LogP contribution >= 0.6 is 15.9 Å². The summed E-state index contributed by atoms with van der Waals surface area (Å²) >= 11 is 3.52. The predicted molar refractivity (Wildman–Crippen MR) is 89.0 cm³/mol. The molecule has 21 heavy (non-hydrogen) atoms. The van der Waals surface area contributed by atoms with Crippen LogP contribution in [0, 0.1) is 13.8 Å². The first kappa shape index (κ1) is 14.3. The van der Waals surface area contributed by atoms with Gasteiger partial charge in [-0.1, -0.05) is 46.3 Å². The first-order valence-electron chi connectivity index (χ1n) is 6.81. The maximum atomic E-state index is 6.02. The number of hydrazine groups is 1. The quantitative estimate of drug-likeness (QED) is 0.548. The lowest BCUT2D eigenvalue weighted by Crippen LogP contribution is -2.28. The van der Waals surface area contributed by atoms with Gasteiger partial charge in [0.05, 0.1) is 0 Å². The molecule has 0 bridgehead atoms. The van der Waals surface area contributed by atoms with E-state index in [4.69, 9.17) is 10.3 Å². The van der Waals surface area contributed by atoms with Crippen molar-refractivity contribution in [2.75, 3.05) is 0 Å². The van der Waals surface area contributed by atoms with Crippen molar-refractivity contribution >= 4 is 26.9 Å². The molecule has 2 aromatic carbocycles. The van der Waals surface area contributed by atoms with Gasteiger partial charge in [0, 0.05) is 9.86 Å². The average molecular weight is 345 g/mol. The van der Waals surface area contributed by atoms with E-state index in [1.54, 1.807) is 0 Å². The van der Waals surface area contributed by atoms with Crippen molar-refractivity contribution in [3.63, 3.8) is 0 Å². The normalized spacial score (nSPS) is 12.8. The number of nitrogens with one attached hydrogen (secondary N) is 1. The van der Waals surface area contributed by atoms with Crippen molar-refractivity contribution in [1.82, 2.24) is 5.43 Å². The van der Waals surface area contributed by atoms with Crippen molar-refractivity contribution in [2.24, 2.45) is 5.84 Å². The molecule has 3 rings (SSSR count). The number of furan rings is 1. The minimum absolute atomic E-state index is 0.163. The fourth-order valence-corrected chi connectivity index (χ4v) is 2.81. The smallest absolute Gasteiger partial charge is 0.137 e. The van der Waals surface area contributed by atoms with Gasteiger partial charge in [-0.2, -0.15) is 0 Å². The Kier molecular flexibility index (Phi) is 3.85. The standard InChI is InChI=1S/C17H17BrN2O/c1-10-4-3-5-13-9-15(21-17(10)13)16(20-19)12-6-7-14(18)11(2)8-12/h3-9,16,20H,19H2,1-2H3. The first-order chi connectivity index (χ1) is 10.1. The predicted octanol–water partition coefficient (Wildman–Crippen LogP) is 4.36. The van der Waals surface area contributed by atoms with Gasteiger partial charge < -0.3 is 4.42 Å². The Morgan fingerprint density at radius 2 is 1.90 bits per heavy atom. The zero-order valence-electron chi connectivity index (χ0n) is 12.0. The van der Waals surface area contributed by atoms with Crippen molar-refractivity contribution in [3.8, 4) is 0 Å². The van der Waals surface area contributed by atoms with Crippen LogP contribution in [0.15, 0.2) is 51.4 Å². The minimum Gasteiger partial charge on any atom is -0.459 e. The molecule has 0 aliphatic heterocycles. The molecule has 0 saturated carbocycles. The summed E-state index contributed by atoms with van der Waals surface area (Å²) in [5.74, 6) is 6.59. The monoisotopic (exact) mass is 344 g/mol. The van der Waals surface area contributed by atoms with E-state index in [1.807, 2.05) is 37.3 Å². The highest BCUT2D eigenvalue weighted by molar-refractivity contribution is 9.10. The maximum Gasteiger partial charge on any atom is 0.137 e. The number of aryl methyl sites for hydroxylation is 2. The Balaban J connectivity index is 2.09. The van der Waals surface area contributed by atoms with Crippen molar-refractivity contribution < 1.29 is 4.42 Å². The molecule has 0 radical (unpaired) electrons. The van der Waals surface area contributed by atoms with Crippen LogP contribution < -0.4 is 11.3 Å². The van der Waals surface area contributed by atoms with Crippen LogP contribution in [-0.4, -0.2) is 0 Å². The number of nitrogens with two attached hydrogens (primary N) is 1. The molecule has 0 spiro atoms. The van der Waals surface area contributed by atoms with E-state index in [2.05, 4.69) is 40.4 Å². The van der Waals surface area contributed by atoms with E-state index in [0.29, 0.717) is 0 Å². The number of hydrogen-bond donors (Lipinski definition) is 2. The molecule has 0 fully saturated rings. The number of fused-ring (bicyclic) bond motifs is 1. The molecule has 0 aliphatic carbocycles. The summed E-state index contributed by atoms with van der Waals surface area (Å²) in [6.07, 6.45) is 0. The number of hydrogen-bond acceptors (Lipinski definition) is 3. The molecular weight excluding hydrogens is 328 g/mol. The second kappa shape index (κ2) is 5.64. The minimum atomic E-state index is -0.163. The van der Waals surface area contributed by atoms with Gasteiger partial charge in [-0.25, -0.2) is 5.43 Å². The third kappa shape index (κ3) is 2.62. The van der Waals surface area contributed by atoms with Crippen LogP contribution in [0.2, 0.25) is 0 Å². The van der Waals surface area contributed by atoms with Gasteiger partial charge in [0.2, 0.25) is 0 Å². The fraction of sp³-hybridized carbons (Fsp3) is 0.176. The summed E-state index contributed by atoms with van der Waals surface area (Å²) in [5.41, 5.74) is 7.14. The fourth-order valence-electron chi connectivity index (χ4n) is 2.56. The largest absolute Gasteiger partial charge is 0.459 e. The van der Waals surface area contributed by atoms with Crippen LogP contribution in [-0.2, 0) is 0 Å². The summed E-state index contributed by atoms with van der Waals surface area (Å²) < 4.78 is 7.11. The Labute approximate surface area is 132 Å². The van der Waals surface area contributed by atoms with E-state index in [-0.39, 0.29) is 6.04 Å². The first-order valence-corrected chi connectivity index (χ1v) is 7.60. The summed E-state index contributed by atoms with van der Waals surface area (Å²) in [7, 11) is 0. The molecule has 0 saturated heterocycles. The van der Waals surface area contributed by atoms with Crippen molar-refractivity contribution in [2.45, 2.75) is 19.9 Å². The maximum absolute atomic E-state index is 6.02. The zero-order valence-corrected chi connectivity index (χ0v) is 13.6.